The number of nitrogens with zero attached hydrogens (tertiary/aromatic N) is 1. The van der Waals surface area contributed by atoms with Gasteiger partial charge in [0.05, 0.1) is 17.2 Å². The fourth-order valence-electron chi connectivity index (χ4n) is 2.79. The lowest BCUT2D eigenvalue weighted by Crippen LogP contribution is -2.53. The van der Waals surface area contributed by atoms with E-state index in [1.807, 2.05) is 18.2 Å². The third-order valence-electron chi connectivity index (χ3n) is 4.07. The van der Waals surface area contributed by atoms with Crippen LogP contribution in [-0.4, -0.2) is 34.9 Å². The van der Waals surface area contributed by atoms with Crippen LogP contribution in [0.5, 0.6) is 0 Å². The van der Waals surface area contributed by atoms with Crippen molar-refractivity contribution in [3.8, 4) is 0 Å². The summed E-state index contributed by atoms with van der Waals surface area (Å²) in [5.41, 5.74) is 0.954. The minimum absolute atomic E-state index is 0.0515. The maximum Gasteiger partial charge on any atom is 0.240 e. The summed E-state index contributed by atoms with van der Waals surface area (Å²) in [4.78, 5) is 25.4. The van der Waals surface area contributed by atoms with Crippen molar-refractivity contribution in [1.29, 1.82) is 0 Å². The molecule has 20 heavy (non-hydrogen) atoms. The van der Waals surface area contributed by atoms with Gasteiger partial charge in [0.25, 0.3) is 0 Å². The highest BCUT2D eigenvalue weighted by molar-refractivity contribution is 8.00. The molecule has 1 aromatic rings. The first kappa shape index (κ1) is 13.5. The molecule has 1 aliphatic carbocycles. The zero-order valence-electron chi connectivity index (χ0n) is 11.3. The summed E-state index contributed by atoms with van der Waals surface area (Å²) in [5.74, 6) is 1.14. The Kier molecular flexibility index (Phi) is 3.70. The molecular weight excluding hydrogens is 272 g/mol. The molecule has 1 aliphatic heterocycles. The van der Waals surface area contributed by atoms with E-state index in [4.69, 9.17) is 0 Å². The molecule has 1 saturated heterocycles. The van der Waals surface area contributed by atoms with Gasteiger partial charge in [0.1, 0.15) is 6.54 Å². The number of thioether (sulfide) groups is 1. The molecular formula is C15H18N2O2S. The van der Waals surface area contributed by atoms with Gasteiger partial charge in [-0.15, -0.1) is 11.8 Å². The highest BCUT2D eigenvalue weighted by Gasteiger charge is 2.40. The normalized spacial score (nSPS) is 20.6. The predicted molar refractivity (Wildman–Crippen MR) is 79.2 cm³/mol. The van der Waals surface area contributed by atoms with Crippen molar-refractivity contribution >= 4 is 23.6 Å². The van der Waals surface area contributed by atoms with E-state index in [-0.39, 0.29) is 23.9 Å². The van der Waals surface area contributed by atoms with Crippen LogP contribution in [0, 0.1) is 0 Å². The first-order chi connectivity index (χ1) is 9.70. The van der Waals surface area contributed by atoms with Crippen LogP contribution in [0.4, 0.5) is 0 Å². The summed E-state index contributed by atoms with van der Waals surface area (Å²) in [6, 6.07) is 10.1. The Balaban J connectivity index is 1.66. The van der Waals surface area contributed by atoms with E-state index in [0.717, 1.165) is 19.3 Å². The summed E-state index contributed by atoms with van der Waals surface area (Å²) in [7, 11) is 0. The molecule has 0 unspecified atom stereocenters. The Bertz CT molecular complexity index is 514. The van der Waals surface area contributed by atoms with Crippen LogP contribution in [-0.2, 0) is 15.1 Å². The van der Waals surface area contributed by atoms with Crippen LogP contribution in [0.15, 0.2) is 30.3 Å². The number of carbonyl (C=O) groups is 2. The highest BCUT2D eigenvalue weighted by atomic mass is 32.2. The predicted octanol–water partition coefficient (Wildman–Crippen LogP) is 1.71. The smallest absolute Gasteiger partial charge is 0.240 e. The van der Waals surface area contributed by atoms with Crippen molar-refractivity contribution < 1.29 is 9.59 Å². The largest absolute Gasteiger partial charge is 0.345 e. The van der Waals surface area contributed by atoms with E-state index >= 15 is 0 Å². The molecule has 2 fully saturated rings. The molecule has 0 spiro atoms. The van der Waals surface area contributed by atoms with Crippen LogP contribution in [0.3, 0.4) is 0 Å². The number of amides is 2. The molecule has 2 amide bonds. The van der Waals surface area contributed by atoms with Crippen LogP contribution in [0.25, 0.3) is 0 Å². The SMILES string of the molecule is O=C(CN1CSCC1=O)NC1(c2ccccc2)CCC1. The van der Waals surface area contributed by atoms with Crippen LogP contribution in [0.2, 0.25) is 0 Å². The first-order valence-corrected chi connectivity index (χ1v) is 8.07. The van der Waals surface area contributed by atoms with Crippen molar-refractivity contribution in [3.63, 3.8) is 0 Å². The average molecular weight is 290 g/mol. The molecule has 1 aromatic carbocycles. The molecule has 1 heterocycles. The molecule has 1 N–H and O–H groups in total. The second-order valence-electron chi connectivity index (χ2n) is 5.42. The number of rotatable bonds is 4. The van der Waals surface area contributed by atoms with Gasteiger partial charge in [-0.05, 0) is 24.8 Å². The molecule has 1 saturated carbocycles. The van der Waals surface area contributed by atoms with E-state index in [0.29, 0.717) is 11.6 Å². The molecule has 0 radical (unpaired) electrons. The van der Waals surface area contributed by atoms with Crippen LogP contribution < -0.4 is 5.32 Å². The Morgan fingerprint density at radius 1 is 1.30 bits per heavy atom. The quantitative estimate of drug-likeness (QED) is 0.918. The van der Waals surface area contributed by atoms with Crippen molar-refractivity contribution in [2.75, 3.05) is 18.2 Å². The maximum absolute atomic E-state index is 12.2. The van der Waals surface area contributed by atoms with E-state index in [1.54, 1.807) is 16.7 Å². The topological polar surface area (TPSA) is 49.4 Å². The molecule has 4 nitrogen and oxygen atoms in total. The van der Waals surface area contributed by atoms with E-state index in [1.165, 1.54) is 5.56 Å². The first-order valence-electron chi connectivity index (χ1n) is 6.92. The van der Waals surface area contributed by atoms with Crippen molar-refractivity contribution in [3.05, 3.63) is 35.9 Å². The zero-order chi connectivity index (χ0) is 14.0. The summed E-state index contributed by atoms with van der Waals surface area (Å²) in [6.07, 6.45) is 3.09. The number of benzene rings is 1. The Morgan fingerprint density at radius 2 is 2.05 bits per heavy atom. The lowest BCUT2D eigenvalue weighted by atomic mass is 9.72. The van der Waals surface area contributed by atoms with Gasteiger partial charge in [-0.1, -0.05) is 30.3 Å². The van der Waals surface area contributed by atoms with Gasteiger partial charge < -0.3 is 10.2 Å². The van der Waals surface area contributed by atoms with Crippen LogP contribution in [0.1, 0.15) is 24.8 Å². The van der Waals surface area contributed by atoms with E-state index in [9.17, 15) is 9.59 Å². The maximum atomic E-state index is 12.2. The van der Waals surface area contributed by atoms with E-state index in [2.05, 4.69) is 17.4 Å². The molecule has 0 atom stereocenters. The average Bonchev–Trinajstić information content (AvgIpc) is 2.80. The second-order valence-corrected chi connectivity index (χ2v) is 6.37. The van der Waals surface area contributed by atoms with Gasteiger partial charge in [-0.3, -0.25) is 9.59 Å². The molecule has 3 rings (SSSR count). The van der Waals surface area contributed by atoms with Crippen molar-refractivity contribution in [2.45, 2.75) is 24.8 Å². The summed E-state index contributed by atoms with van der Waals surface area (Å²) >= 11 is 1.56. The van der Waals surface area contributed by atoms with Gasteiger partial charge in [-0.2, -0.15) is 0 Å². The summed E-state index contributed by atoms with van der Waals surface area (Å²) < 4.78 is 0. The number of hydrogen-bond donors (Lipinski definition) is 1. The van der Waals surface area contributed by atoms with Gasteiger partial charge in [-0.25, -0.2) is 0 Å². The van der Waals surface area contributed by atoms with Gasteiger partial charge in [0, 0.05) is 0 Å². The monoisotopic (exact) mass is 290 g/mol. The molecule has 106 valence electrons. The Morgan fingerprint density at radius 3 is 2.60 bits per heavy atom. The van der Waals surface area contributed by atoms with Gasteiger partial charge >= 0.3 is 0 Å². The zero-order valence-corrected chi connectivity index (χ0v) is 12.1. The lowest BCUT2D eigenvalue weighted by Gasteiger charge is -2.43. The second kappa shape index (κ2) is 5.48. The molecule has 5 heteroatoms. The minimum atomic E-state index is -0.214. The van der Waals surface area contributed by atoms with E-state index < -0.39 is 0 Å². The fraction of sp³-hybridized carbons (Fsp3) is 0.467. The highest BCUT2D eigenvalue weighted by Crippen LogP contribution is 2.41. The third kappa shape index (κ3) is 2.54. The molecule has 0 aromatic heterocycles. The van der Waals surface area contributed by atoms with Gasteiger partial charge in [0.15, 0.2) is 0 Å². The number of carbonyl (C=O) groups excluding carboxylic acids is 2. The summed E-state index contributed by atoms with van der Waals surface area (Å²) in [6.45, 7) is 0.181. The molecule has 0 bridgehead atoms. The van der Waals surface area contributed by atoms with Crippen molar-refractivity contribution in [2.24, 2.45) is 0 Å². The summed E-state index contributed by atoms with van der Waals surface area (Å²) in [5, 5.41) is 3.15. The minimum Gasteiger partial charge on any atom is -0.345 e. The Hall–Kier alpha value is -1.49. The fourth-order valence-corrected chi connectivity index (χ4v) is 3.70. The Labute approximate surface area is 122 Å². The standard InChI is InChI=1S/C15H18N2O2S/c18-13(9-17-11-20-10-14(17)19)16-15(7-4-8-15)12-5-2-1-3-6-12/h1-3,5-6H,4,7-11H2,(H,16,18). The van der Waals surface area contributed by atoms with Crippen LogP contribution >= 0.6 is 11.8 Å². The third-order valence-corrected chi connectivity index (χ3v) is 5.02. The lowest BCUT2D eigenvalue weighted by molar-refractivity contribution is -0.133. The number of hydrogen-bond acceptors (Lipinski definition) is 3. The van der Waals surface area contributed by atoms with Gasteiger partial charge in [0.2, 0.25) is 11.8 Å². The number of nitrogens with one attached hydrogen (secondary N) is 1. The molecule has 2 aliphatic rings. The van der Waals surface area contributed by atoms with Crippen molar-refractivity contribution in [1.82, 2.24) is 10.2 Å².